The Bertz CT molecular complexity index is 355. The van der Waals surface area contributed by atoms with Crippen LogP contribution in [0.3, 0.4) is 0 Å². The SMILES string of the molecule is CCNC(=O)NCC(O)c1cccc(O)c1. The molecule has 1 aromatic rings. The molecule has 5 heteroatoms. The molecule has 0 aromatic heterocycles. The van der Waals surface area contributed by atoms with Gasteiger partial charge in [-0.2, -0.15) is 0 Å². The monoisotopic (exact) mass is 224 g/mol. The fraction of sp³-hybridized carbons (Fsp3) is 0.364. The van der Waals surface area contributed by atoms with Crippen LogP contribution in [0.4, 0.5) is 4.79 Å². The van der Waals surface area contributed by atoms with Gasteiger partial charge in [-0.25, -0.2) is 4.79 Å². The Labute approximate surface area is 94.1 Å². The third-order valence-corrected chi connectivity index (χ3v) is 2.05. The van der Waals surface area contributed by atoms with Crippen molar-refractivity contribution in [2.45, 2.75) is 13.0 Å². The van der Waals surface area contributed by atoms with Crippen molar-refractivity contribution in [1.82, 2.24) is 10.6 Å². The van der Waals surface area contributed by atoms with Gasteiger partial charge in [0.25, 0.3) is 0 Å². The van der Waals surface area contributed by atoms with Gasteiger partial charge in [-0.15, -0.1) is 0 Å². The lowest BCUT2D eigenvalue weighted by molar-refractivity contribution is 0.173. The number of aliphatic hydroxyl groups is 1. The van der Waals surface area contributed by atoms with Crippen molar-refractivity contribution in [1.29, 1.82) is 0 Å². The maximum Gasteiger partial charge on any atom is 0.314 e. The standard InChI is InChI=1S/C11H16N2O3/c1-2-12-11(16)13-7-10(15)8-4-3-5-9(14)6-8/h3-6,10,14-15H,2,7H2,1H3,(H2,12,13,16). The first-order valence-corrected chi connectivity index (χ1v) is 5.12. The van der Waals surface area contributed by atoms with E-state index in [2.05, 4.69) is 10.6 Å². The van der Waals surface area contributed by atoms with E-state index >= 15 is 0 Å². The molecule has 0 spiro atoms. The molecule has 1 atom stereocenters. The van der Waals surface area contributed by atoms with Gasteiger partial charge >= 0.3 is 6.03 Å². The molecule has 0 heterocycles. The molecule has 88 valence electrons. The number of carbonyl (C=O) groups is 1. The summed E-state index contributed by atoms with van der Waals surface area (Å²) in [6.45, 7) is 2.45. The number of hydrogen-bond acceptors (Lipinski definition) is 3. The Hall–Kier alpha value is -1.75. The number of urea groups is 1. The van der Waals surface area contributed by atoms with E-state index < -0.39 is 6.10 Å². The van der Waals surface area contributed by atoms with Crippen LogP contribution in [0.2, 0.25) is 0 Å². The molecule has 0 aliphatic heterocycles. The van der Waals surface area contributed by atoms with E-state index in [0.717, 1.165) is 0 Å². The average Bonchev–Trinajstić information content (AvgIpc) is 2.26. The summed E-state index contributed by atoms with van der Waals surface area (Å²) in [4.78, 5) is 11.1. The Morgan fingerprint density at radius 1 is 1.44 bits per heavy atom. The number of benzene rings is 1. The second kappa shape index (κ2) is 5.97. The number of aromatic hydroxyl groups is 1. The summed E-state index contributed by atoms with van der Waals surface area (Å²) >= 11 is 0. The Morgan fingerprint density at radius 3 is 2.81 bits per heavy atom. The Balaban J connectivity index is 2.46. The highest BCUT2D eigenvalue weighted by Crippen LogP contribution is 2.17. The van der Waals surface area contributed by atoms with Crippen LogP contribution in [0.15, 0.2) is 24.3 Å². The van der Waals surface area contributed by atoms with Gasteiger partial charge in [0.1, 0.15) is 5.75 Å². The van der Waals surface area contributed by atoms with Gasteiger partial charge in [-0.3, -0.25) is 0 Å². The number of phenolic OH excluding ortho intramolecular Hbond substituents is 1. The number of hydrogen-bond donors (Lipinski definition) is 4. The van der Waals surface area contributed by atoms with Gasteiger partial charge in [-0.1, -0.05) is 12.1 Å². The molecule has 1 unspecified atom stereocenters. The molecule has 1 aromatic carbocycles. The van der Waals surface area contributed by atoms with Crippen molar-refractivity contribution in [3.05, 3.63) is 29.8 Å². The number of carbonyl (C=O) groups excluding carboxylic acids is 1. The highest BCUT2D eigenvalue weighted by molar-refractivity contribution is 5.73. The zero-order valence-electron chi connectivity index (χ0n) is 9.10. The number of amides is 2. The molecule has 0 saturated carbocycles. The third kappa shape index (κ3) is 3.78. The highest BCUT2D eigenvalue weighted by Gasteiger charge is 2.09. The van der Waals surface area contributed by atoms with Crippen LogP contribution >= 0.6 is 0 Å². The Kier molecular flexibility index (Phi) is 4.60. The van der Waals surface area contributed by atoms with E-state index in [1.807, 2.05) is 6.92 Å². The van der Waals surface area contributed by atoms with Gasteiger partial charge in [0.05, 0.1) is 6.10 Å². The van der Waals surface area contributed by atoms with Crippen LogP contribution in [-0.2, 0) is 0 Å². The molecule has 1 rings (SSSR count). The number of phenols is 1. The first kappa shape index (κ1) is 12.3. The lowest BCUT2D eigenvalue weighted by atomic mass is 10.1. The molecule has 16 heavy (non-hydrogen) atoms. The lowest BCUT2D eigenvalue weighted by Gasteiger charge is -2.12. The fourth-order valence-corrected chi connectivity index (χ4v) is 1.26. The van der Waals surface area contributed by atoms with Gasteiger partial charge in [0, 0.05) is 13.1 Å². The van der Waals surface area contributed by atoms with Crippen LogP contribution in [0.25, 0.3) is 0 Å². The molecule has 4 N–H and O–H groups in total. The molecule has 0 aliphatic rings. The Morgan fingerprint density at radius 2 is 2.19 bits per heavy atom. The van der Waals surface area contributed by atoms with E-state index in [1.54, 1.807) is 12.1 Å². The summed E-state index contributed by atoms with van der Waals surface area (Å²) in [5.41, 5.74) is 0.566. The molecule has 0 saturated heterocycles. The van der Waals surface area contributed by atoms with Crippen molar-refractivity contribution in [2.24, 2.45) is 0 Å². The minimum Gasteiger partial charge on any atom is -0.508 e. The van der Waals surface area contributed by atoms with E-state index in [9.17, 15) is 15.0 Å². The fourth-order valence-electron chi connectivity index (χ4n) is 1.26. The van der Waals surface area contributed by atoms with Crippen molar-refractivity contribution < 1.29 is 15.0 Å². The molecule has 5 nitrogen and oxygen atoms in total. The minimum absolute atomic E-state index is 0.0922. The molecule has 2 amide bonds. The minimum atomic E-state index is -0.824. The molecule has 0 bridgehead atoms. The summed E-state index contributed by atoms with van der Waals surface area (Å²) in [6.07, 6.45) is -0.824. The molecule has 0 fully saturated rings. The summed E-state index contributed by atoms with van der Waals surface area (Å²) in [7, 11) is 0. The van der Waals surface area contributed by atoms with Crippen LogP contribution in [0, 0.1) is 0 Å². The summed E-state index contributed by atoms with van der Waals surface area (Å²) < 4.78 is 0. The average molecular weight is 224 g/mol. The van der Waals surface area contributed by atoms with Crippen LogP contribution in [0.1, 0.15) is 18.6 Å². The largest absolute Gasteiger partial charge is 0.508 e. The van der Waals surface area contributed by atoms with Crippen LogP contribution in [0.5, 0.6) is 5.75 Å². The number of rotatable bonds is 4. The first-order valence-electron chi connectivity index (χ1n) is 5.12. The lowest BCUT2D eigenvalue weighted by Crippen LogP contribution is -2.37. The smallest absolute Gasteiger partial charge is 0.314 e. The third-order valence-electron chi connectivity index (χ3n) is 2.05. The van der Waals surface area contributed by atoms with E-state index in [4.69, 9.17) is 0 Å². The normalized spacial score (nSPS) is 11.9. The molecule has 0 aliphatic carbocycles. The van der Waals surface area contributed by atoms with Gasteiger partial charge in [0.15, 0.2) is 0 Å². The van der Waals surface area contributed by atoms with Gasteiger partial charge < -0.3 is 20.8 Å². The molecular formula is C11H16N2O3. The maximum atomic E-state index is 11.1. The number of nitrogens with one attached hydrogen (secondary N) is 2. The summed E-state index contributed by atoms with van der Waals surface area (Å²) in [5.74, 6) is 0.0922. The van der Waals surface area contributed by atoms with Crippen LogP contribution < -0.4 is 10.6 Å². The summed E-state index contributed by atoms with van der Waals surface area (Å²) in [6, 6.07) is 5.99. The van der Waals surface area contributed by atoms with E-state index in [-0.39, 0.29) is 18.3 Å². The second-order valence-corrected chi connectivity index (χ2v) is 3.35. The second-order valence-electron chi connectivity index (χ2n) is 3.35. The molecular weight excluding hydrogens is 208 g/mol. The number of aliphatic hydroxyl groups excluding tert-OH is 1. The summed E-state index contributed by atoms with van der Waals surface area (Å²) in [5, 5.41) is 24.0. The zero-order valence-corrected chi connectivity index (χ0v) is 9.10. The van der Waals surface area contributed by atoms with Crippen molar-refractivity contribution >= 4 is 6.03 Å². The predicted octanol–water partition coefficient (Wildman–Crippen LogP) is 0.745. The first-order chi connectivity index (χ1) is 7.63. The van der Waals surface area contributed by atoms with Crippen molar-refractivity contribution in [2.75, 3.05) is 13.1 Å². The topological polar surface area (TPSA) is 81.6 Å². The highest BCUT2D eigenvalue weighted by atomic mass is 16.3. The van der Waals surface area contributed by atoms with Gasteiger partial charge in [0.2, 0.25) is 0 Å². The van der Waals surface area contributed by atoms with Crippen molar-refractivity contribution in [3.63, 3.8) is 0 Å². The van der Waals surface area contributed by atoms with E-state index in [0.29, 0.717) is 12.1 Å². The van der Waals surface area contributed by atoms with E-state index in [1.165, 1.54) is 12.1 Å². The molecule has 0 radical (unpaired) electrons. The zero-order chi connectivity index (χ0) is 12.0. The quantitative estimate of drug-likeness (QED) is 0.609. The van der Waals surface area contributed by atoms with Gasteiger partial charge in [-0.05, 0) is 24.6 Å². The maximum absolute atomic E-state index is 11.1. The van der Waals surface area contributed by atoms with Crippen LogP contribution in [-0.4, -0.2) is 29.3 Å². The predicted molar refractivity (Wildman–Crippen MR) is 60.1 cm³/mol. The van der Waals surface area contributed by atoms with Crippen molar-refractivity contribution in [3.8, 4) is 5.75 Å².